The summed E-state index contributed by atoms with van der Waals surface area (Å²) in [6.07, 6.45) is 1.14. The van der Waals surface area contributed by atoms with Gasteiger partial charge in [0.05, 0.1) is 6.61 Å². The van der Waals surface area contributed by atoms with Crippen LogP contribution in [0, 0.1) is 5.92 Å². The van der Waals surface area contributed by atoms with Crippen molar-refractivity contribution in [1.29, 1.82) is 0 Å². The number of nitrogens with one attached hydrogen (secondary N) is 1. The van der Waals surface area contributed by atoms with Gasteiger partial charge in [-0.15, -0.1) is 0 Å². The lowest BCUT2D eigenvalue weighted by Gasteiger charge is -2.16. The van der Waals surface area contributed by atoms with Crippen LogP contribution in [0.3, 0.4) is 0 Å². The zero-order valence-corrected chi connectivity index (χ0v) is 12.9. The molecule has 5 heteroatoms. The van der Waals surface area contributed by atoms with Crippen LogP contribution in [0.5, 0.6) is 5.75 Å². The van der Waals surface area contributed by atoms with Crippen LogP contribution < -0.4 is 15.8 Å². The van der Waals surface area contributed by atoms with Crippen molar-refractivity contribution in [1.82, 2.24) is 10.2 Å². The van der Waals surface area contributed by atoms with E-state index in [1.165, 1.54) is 0 Å². The number of rotatable bonds is 6. The Kier molecular flexibility index (Phi) is 5.44. The zero-order chi connectivity index (χ0) is 15.2. The van der Waals surface area contributed by atoms with Crippen molar-refractivity contribution in [3.05, 3.63) is 23.8 Å². The number of carbonyl (C=O) groups is 1. The number of nitrogen functional groups attached to an aromatic ring is 1. The van der Waals surface area contributed by atoms with Crippen LogP contribution in [0.4, 0.5) is 5.69 Å². The van der Waals surface area contributed by atoms with Crippen molar-refractivity contribution in [3.63, 3.8) is 0 Å². The zero-order valence-electron chi connectivity index (χ0n) is 12.9. The summed E-state index contributed by atoms with van der Waals surface area (Å²) in [5, 5.41) is 3.00. The predicted octanol–water partition coefficient (Wildman–Crippen LogP) is 1.74. The first kappa shape index (κ1) is 15.6. The van der Waals surface area contributed by atoms with E-state index in [1.54, 1.807) is 18.2 Å². The van der Waals surface area contributed by atoms with Crippen molar-refractivity contribution in [3.8, 4) is 5.75 Å². The third-order valence-electron chi connectivity index (χ3n) is 3.95. The molecule has 116 valence electrons. The Morgan fingerprint density at radius 3 is 2.95 bits per heavy atom. The molecule has 1 heterocycles. The smallest absolute Gasteiger partial charge is 0.257 e. The SMILES string of the molecule is CCOc1cccc(N)c1C(=O)NCC1CCN(CC)C1. The summed E-state index contributed by atoms with van der Waals surface area (Å²) in [5.41, 5.74) is 6.84. The second-order valence-electron chi connectivity index (χ2n) is 5.41. The van der Waals surface area contributed by atoms with E-state index < -0.39 is 0 Å². The maximum atomic E-state index is 12.4. The van der Waals surface area contributed by atoms with E-state index in [-0.39, 0.29) is 5.91 Å². The number of anilines is 1. The van der Waals surface area contributed by atoms with Crippen molar-refractivity contribution < 1.29 is 9.53 Å². The fourth-order valence-corrected chi connectivity index (χ4v) is 2.76. The normalized spacial score (nSPS) is 18.7. The lowest BCUT2D eigenvalue weighted by Crippen LogP contribution is -2.31. The molecule has 0 radical (unpaired) electrons. The van der Waals surface area contributed by atoms with Gasteiger partial charge in [-0.25, -0.2) is 0 Å². The second-order valence-corrected chi connectivity index (χ2v) is 5.41. The first-order valence-electron chi connectivity index (χ1n) is 7.67. The van der Waals surface area contributed by atoms with Crippen LogP contribution in [0.15, 0.2) is 18.2 Å². The van der Waals surface area contributed by atoms with Gasteiger partial charge in [-0.2, -0.15) is 0 Å². The lowest BCUT2D eigenvalue weighted by molar-refractivity contribution is 0.0944. The number of likely N-dealkylation sites (tertiary alicyclic amines) is 1. The molecule has 3 N–H and O–H groups in total. The Hall–Kier alpha value is -1.75. The number of ether oxygens (including phenoxy) is 1. The van der Waals surface area contributed by atoms with E-state index in [4.69, 9.17) is 10.5 Å². The Morgan fingerprint density at radius 2 is 2.29 bits per heavy atom. The van der Waals surface area contributed by atoms with E-state index in [0.717, 1.165) is 26.1 Å². The summed E-state index contributed by atoms with van der Waals surface area (Å²) in [5.74, 6) is 0.928. The molecule has 21 heavy (non-hydrogen) atoms. The molecule has 1 atom stereocenters. The van der Waals surface area contributed by atoms with Crippen molar-refractivity contribution in [2.75, 3.05) is 38.5 Å². The Balaban J connectivity index is 1.97. The number of hydrogen-bond acceptors (Lipinski definition) is 4. The van der Waals surface area contributed by atoms with Crippen LogP contribution in [0.25, 0.3) is 0 Å². The molecule has 1 aliphatic rings. The molecule has 0 saturated carbocycles. The van der Waals surface area contributed by atoms with Crippen molar-refractivity contribution >= 4 is 11.6 Å². The molecule has 5 nitrogen and oxygen atoms in total. The number of nitrogens with two attached hydrogens (primary N) is 1. The van der Waals surface area contributed by atoms with Gasteiger partial charge in [-0.05, 0) is 44.5 Å². The first-order chi connectivity index (χ1) is 10.2. The van der Waals surface area contributed by atoms with Gasteiger partial charge in [-0.3, -0.25) is 4.79 Å². The molecule has 2 rings (SSSR count). The fraction of sp³-hybridized carbons (Fsp3) is 0.562. The molecule has 1 aliphatic heterocycles. The second kappa shape index (κ2) is 7.31. The van der Waals surface area contributed by atoms with Gasteiger partial charge in [0.25, 0.3) is 5.91 Å². The van der Waals surface area contributed by atoms with Crippen LogP contribution in [-0.4, -0.2) is 43.6 Å². The molecule has 0 aliphatic carbocycles. The maximum absolute atomic E-state index is 12.4. The molecular weight excluding hydrogens is 266 g/mol. The average molecular weight is 291 g/mol. The van der Waals surface area contributed by atoms with E-state index in [9.17, 15) is 4.79 Å². The number of amides is 1. The molecule has 1 aromatic rings. The minimum Gasteiger partial charge on any atom is -0.493 e. The Morgan fingerprint density at radius 1 is 1.48 bits per heavy atom. The molecule has 1 aromatic carbocycles. The standard InChI is InChI=1S/C16H25N3O2/c1-3-19-9-8-12(11-19)10-18-16(20)15-13(17)6-5-7-14(15)21-4-2/h5-7,12H,3-4,8-11,17H2,1-2H3,(H,18,20). The summed E-state index contributed by atoms with van der Waals surface area (Å²) >= 11 is 0. The van der Waals surface area contributed by atoms with E-state index in [0.29, 0.717) is 36.1 Å². The molecule has 0 spiro atoms. The molecule has 1 unspecified atom stereocenters. The minimum absolute atomic E-state index is 0.147. The Labute approximate surface area is 126 Å². The first-order valence-corrected chi connectivity index (χ1v) is 7.67. The van der Waals surface area contributed by atoms with Crippen molar-refractivity contribution in [2.24, 2.45) is 5.92 Å². The van der Waals surface area contributed by atoms with Gasteiger partial charge < -0.3 is 20.7 Å². The Bertz CT molecular complexity index is 490. The predicted molar refractivity (Wildman–Crippen MR) is 84.6 cm³/mol. The van der Waals surface area contributed by atoms with Gasteiger partial charge in [0.15, 0.2) is 0 Å². The highest BCUT2D eigenvalue weighted by Crippen LogP contribution is 2.24. The number of carbonyl (C=O) groups excluding carboxylic acids is 1. The maximum Gasteiger partial charge on any atom is 0.257 e. The van der Waals surface area contributed by atoms with E-state index in [2.05, 4.69) is 17.1 Å². The van der Waals surface area contributed by atoms with E-state index in [1.807, 2.05) is 6.92 Å². The van der Waals surface area contributed by atoms with Gasteiger partial charge in [0, 0.05) is 18.8 Å². The van der Waals surface area contributed by atoms with Gasteiger partial charge in [-0.1, -0.05) is 13.0 Å². The monoisotopic (exact) mass is 291 g/mol. The molecule has 0 bridgehead atoms. The van der Waals surface area contributed by atoms with Gasteiger partial charge >= 0.3 is 0 Å². The fourth-order valence-electron chi connectivity index (χ4n) is 2.76. The highest BCUT2D eigenvalue weighted by molar-refractivity contribution is 6.01. The van der Waals surface area contributed by atoms with Crippen molar-refractivity contribution in [2.45, 2.75) is 20.3 Å². The summed E-state index contributed by atoms with van der Waals surface area (Å²) in [6.45, 7) is 8.51. The average Bonchev–Trinajstić information content (AvgIpc) is 2.93. The highest BCUT2D eigenvalue weighted by Gasteiger charge is 2.23. The van der Waals surface area contributed by atoms with Gasteiger partial charge in [0.1, 0.15) is 11.3 Å². The minimum atomic E-state index is -0.147. The molecular formula is C16H25N3O2. The number of benzene rings is 1. The van der Waals surface area contributed by atoms with E-state index >= 15 is 0 Å². The van der Waals surface area contributed by atoms with Crippen LogP contribution in [0.1, 0.15) is 30.6 Å². The third kappa shape index (κ3) is 3.88. The quantitative estimate of drug-likeness (QED) is 0.783. The van der Waals surface area contributed by atoms with Crippen LogP contribution in [-0.2, 0) is 0 Å². The highest BCUT2D eigenvalue weighted by atomic mass is 16.5. The molecule has 1 saturated heterocycles. The lowest BCUT2D eigenvalue weighted by atomic mass is 10.1. The third-order valence-corrected chi connectivity index (χ3v) is 3.95. The number of nitrogens with zero attached hydrogens (tertiary/aromatic N) is 1. The van der Waals surface area contributed by atoms with Crippen LogP contribution >= 0.6 is 0 Å². The largest absolute Gasteiger partial charge is 0.493 e. The summed E-state index contributed by atoms with van der Waals surface area (Å²) in [6, 6.07) is 5.31. The molecule has 0 aromatic heterocycles. The molecule has 1 amide bonds. The van der Waals surface area contributed by atoms with Crippen LogP contribution in [0.2, 0.25) is 0 Å². The molecule has 1 fully saturated rings. The summed E-state index contributed by atoms with van der Waals surface area (Å²) in [7, 11) is 0. The summed E-state index contributed by atoms with van der Waals surface area (Å²) < 4.78 is 5.50. The number of hydrogen-bond donors (Lipinski definition) is 2. The summed E-state index contributed by atoms with van der Waals surface area (Å²) in [4.78, 5) is 14.8. The topological polar surface area (TPSA) is 67.6 Å². The van der Waals surface area contributed by atoms with Gasteiger partial charge in [0.2, 0.25) is 0 Å².